The van der Waals surface area contributed by atoms with Crippen LogP contribution < -0.4 is 0 Å². The lowest BCUT2D eigenvalue weighted by molar-refractivity contribution is -0.384. The van der Waals surface area contributed by atoms with Crippen LogP contribution in [0.4, 0.5) is 5.69 Å². The van der Waals surface area contributed by atoms with Crippen molar-refractivity contribution in [1.29, 1.82) is 0 Å². The molecule has 1 aromatic heterocycles. The molecule has 29 heavy (non-hydrogen) atoms. The maximum absolute atomic E-state index is 12.4. The van der Waals surface area contributed by atoms with Gasteiger partial charge in [-0.15, -0.1) is 0 Å². The summed E-state index contributed by atoms with van der Waals surface area (Å²) in [6.45, 7) is 4.60. The summed E-state index contributed by atoms with van der Waals surface area (Å²) in [6, 6.07) is 5.95. The normalized spacial score (nSPS) is 16.2. The van der Waals surface area contributed by atoms with E-state index in [1.807, 2.05) is 0 Å². The van der Waals surface area contributed by atoms with Gasteiger partial charge in [-0.3, -0.25) is 15.0 Å². The Morgan fingerprint density at radius 3 is 2.45 bits per heavy atom. The Morgan fingerprint density at radius 1 is 1.14 bits per heavy atom. The molecule has 0 spiro atoms. The average molecular weight is 423 g/mol. The molecule has 11 heteroatoms. The number of nitrogens with zero attached hydrogens (tertiary/aromatic N) is 5. The topological polar surface area (TPSA) is 123 Å². The summed E-state index contributed by atoms with van der Waals surface area (Å²) < 4.78 is 31.6. The lowest BCUT2D eigenvalue weighted by Gasteiger charge is -2.33. The highest BCUT2D eigenvalue weighted by molar-refractivity contribution is 7.89. The molecule has 0 radical (unpaired) electrons. The van der Waals surface area contributed by atoms with Crippen molar-refractivity contribution >= 4 is 15.7 Å². The van der Waals surface area contributed by atoms with Crippen LogP contribution in [0.25, 0.3) is 11.4 Å². The molecule has 0 atom stereocenters. The number of rotatable bonds is 9. The van der Waals surface area contributed by atoms with Crippen molar-refractivity contribution in [3.05, 3.63) is 40.3 Å². The Morgan fingerprint density at radius 2 is 1.83 bits per heavy atom. The van der Waals surface area contributed by atoms with Crippen molar-refractivity contribution in [2.24, 2.45) is 0 Å². The van der Waals surface area contributed by atoms with Crippen LogP contribution in [0.1, 0.15) is 32.1 Å². The second-order valence-corrected chi connectivity index (χ2v) is 9.10. The van der Waals surface area contributed by atoms with Crippen LogP contribution in [-0.4, -0.2) is 64.6 Å². The largest absolute Gasteiger partial charge is 0.338 e. The Kier molecular flexibility index (Phi) is 6.93. The Hall–Kier alpha value is -2.37. The van der Waals surface area contributed by atoms with Crippen LogP contribution >= 0.6 is 0 Å². The van der Waals surface area contributed by atoms with E-state index in [9.17, 15) is 18.5 Å². The smallest absolute Gasteiger partial charge is 0.269 e. The van der Waals surface area contributed by atoms with Gasteiger partial charge in [-0.1, -0.05) is 24.9 Å². The van der Waals surface area contributed by atoms with Gasteiger partial charge >= 0.3 is 0 Å². The van der Waals surface area contributed by atoms with E-state index in [-0.39, 0.29) is 11.4 Å². The Bertz CT molecular complexity index is 920. The second-order valence-electron chi connectivity index (χ2n) is 7.01. The average Bonchev–Trinajstić information content (AvgIpc) is 3.17. The van der Waals surface area contributed by atoms with Gasteiger partial charge in [0.05, 0.1) is 17.2 Å². The predicted molar refractivity (Wildman–Crippen MR) is 107 cm³/mol. The summed E-state index contributed by atoms with van der Waals surface area (Å²) >= 11 is 0. The van der Waals surface area contributed by atoms with Crippen LogP contribution in [0, 0.1) is 10.1 Å². The summed E-state index contributed by atoms with van der Waals surface area (Å²) in [5, 5.41) is 14.7. The van der Waals surface area contributed by atoms with Crippen molar-refractivity contribution in [3.8, 4) is 11.4 Å². The number of piperazine rings is 1. The lowest BCUT2D eigenvalue weighted by Crippen LogP contribution is -2.48. The molecule has 1 aromatic carbocycles. The minimum Gasteiger partial charge on any atom is -0.338 e. The third-order valence-electron chi connectivity index (χ3n) is 4.89. The third-order valence-corrected chi connectivity index (χ3v) is 6.85. The minimum atomic E-state index is -3.19. The second kappa shape index (κ2) is 9.42. The number of nitro groups is 1. The molecular weight excluding hydrogens is 398 g/mol. The summed E-state index contributed by atoms with van der Waals surface area (Å²) in [5.41, 5.74) is 0.633. The quantitative estimate of drug-likeness (QED) is 0.342. The van der Waals surface area contributed by atoms with E-state index < -0.39 is 14.9 Å². The molecule has 10 nitrogen and oxygen atoms in total. The van der Waals surface area contributed by atoms with Crippen molar-refractivity contribution in [1.82, 2.24) is 19.3 Å². The molecular formula is C18H25N5O5S. The van der Waals surface area contributed by atoms with Gasteiger partial charge in [0.25, 0.3) is 5.69 Å². The Balaban J connectivity index is 1.53. The van der Waals surface area contributed by atoms with E-state index in [4.69, 9.17) is 4.52 Å². The molecule has 0 aliphatic carbocycles. The fraction of sp³-hybridized carbons (Fsp3) is 0.556. The highest BCUT2D eigenvalue weighted by atomic mass is 32.2. The molecule has 0 unspecified atom stereocenters. The molecule has 2 heterocycles. The van der Waals surface area contributed by atoms with Gasteiger partial charge in [-0.05, 0) is 18.6 Å². The number of aromatic nitrogens is 2. The number of benzene rings is 1. The lowest BCUT2D eigenvalue weighted by atomic mass is 10.2. The molecule has 0 N–H and O–H groups in total. The highest BCUT2D eigenvalue weighted by Crippen LogP contribution is 2.20. The zero-order valence-electron chi connectivity index (χ0n) is 16.4. The van der Waals surface area contributed by atoms with Crippen molar-refractivity contribution in [2.45, 2.75) is 32.7 Å². The molecule has 0 amide bonds. The minimum absolute atomic E-state index is 0.0000132. The number of non-ortho nitro benzene ring substituents is 1. The predicted octanol–water partition coefficient (Wildman–Crippen LogP) is 2.28. The van der Waals surface area contributed by atoms with Crippen molar-refractivity contribution in [3.63, 3.8) is 0 Å². The zero-order valence-corrected chi connectivity index (χ0v) is 17.2. The SMILES string of the molecule is CCCCCS(=O)(=O)N1CCN(Cc2nc(-c3ccc([N+](=O)[O-])cc3)no2)CC1. The monoisotopic (exact) mass is 423 g/mol. The molecule has 0 bridgehead atoms. The van der Waals surface area contributed by atoms with Gasteiger partial charge in [0, 0.05) is 43.9 Å². The summed E-state index contributed by atoms with van der Waals surface area (Å²) in [5.74, 6) is 1.01. The van der Waals surface area contributed by atoms with Gasteiger partial charge in [0.2, 0.25) is 21.7 Å². The van der Waals surface area contributed by atoms with Crippen LogP contribution in [0.15, 0.2) is 28.8 Å². The summed E-state index contributed by atoms with van der Waals surface area (Å²) in [6.07, 6.45) is 2.62. The number of hydrogen-bond acceptors (Lipinski definition) is 8. The Labute approximate surface area is 169 Å². The first-order valence-corrected chi connectivity index (χ1v) is 11.3. The third kappa shape index (κ3) is 5.58. The van der Waals surface area contributed by atoms with Crippen LogP contribution in [0.3, 0.4) is 0 Å². The molecule has 1 fully saturated rings. The van der Waals surface area contributed by atoms with Crippen molar-refractivity contribution < 1.29 is 17.9 Å². The molecule has 1 aliphatic heterocycles. The molecule has 2 aromatic rings. The summed E-state index contributed by atoms with van der Waals surface area (Å²) in [7, 11) is -3.19. The van der Waals surface area contributed by atoms with Crippen LogP contribution in [0.2, 0.25) is 0 Å². The fourth-order valence-electron chi connectivity index (χ4n) is 3.19. The van der Waals surface area contributed by atoms with E-state index in [0.717, 1.165) is 12.8 Å². The van der Waals surface area contributed by atoms with Gasteiger partial charge < -0.3 is 4.52 Å². The first-order chi connectivity index (χ1) is 13.9. The van der Waals surface area contributed by atoms with E-state index >= 15 is 0 Å². The maximum atomic E-state index is 12.4. The number of hydrogen-bond donors (Lipinski definition) is 0. The van der Waals surface area contributed by atoms with Gasteiger partial charge in [0.1, 0.15) is 0 Å². The van der Waals surface area contributed by atoms with Crippen LogP contribution in [-0.2, 0) is 16.6 Å². The maximum Gasteiger partial charge on any atom is 0.269 e. The molecule has 3 rings (SSSR count). The van der Waals surface area contributed by atoms with Gasteiger partial charge in [-0.2, -0.15) is 9.29 Å². The van der Waals surface area contributed by atoms with E-state index in [2.05, 4.69) is 22.0 Å². The number of nitro benzene ring substituents is 1. The van der Waals surface area contributed by atoms with Crippen LogP contribution in [0.5, 0.6) is 0 Å². The van der Waals surface area contributed by atoms with E-state index in [0.29, 0.717) is 56.4 Å². The zero-order chi connectivity index (χ0) is 20.9. The van der Waals surface area contributed by atoms with Gasteiger partial charge in [0.15, 0.2) is 0 Å². The molecule has 158 valence electrons. The molecule has 1 saturated heterocycles. The highest BCUT2D eigenvalue weighted by Gasteiger charge is 2.27. The first kappa shape index (κ1) is 21.3. The van der Waals surface area contributed by atoms with Gasteiger partial charge in [-0.25, -0.2) is 8.42 Å². The standard InChI is InChI=1S/C18H25N5O5S/c1-2-3-4-13-29(26,27)22-11-9-21(10-12-22)14-17-19-18(20-28-17)15-5-7-16(8-6-15)23(24)25/h5-8H,2-4,9-14H2,1H3. The fourth-order valence-corrected chi connectivity index (χ4v) is 4.74. The number of unbranched alkanes of at least 4 members (excludes halogenated alkanes) is 2. The van der Waals surface area contributed by atoms with E-state index in [1.54, 1.807) is 16.4 Å². The summed E-state index contributed by atoms with van der Waals surface area (Å²) in [4.78, 5) is 16.7. The first-order valence-electron chi connectivity index (χ1n) is 9.66. The van der Waals surface area contributed by atoms with E-state index in [1.165, 1.54) is 12.1 Å². The molecule has 1 aliphatic rings. The number of sulfonamides is 1. The van der Waals surface area contributed by atoms with Crippen molar-refractivity contribution in [2.75, 3.05) is 31.9 Å². The molecule has 0 saturated carbocycles.